The largest absolute Gasteiger partial charge is 0.437 e. The van der Waals surface area contributed by atoms with Crippen LogP contribution in [-0.2, 0) is 4.79 Å². The monoisotopic (exact) mass is 570 g/mol. The van der Waals surface area contributed by atoms with Gasteiger partial charge in [-0.2, -0.15) is 13.2 Å². The number of anilines is 2. The number of aliphatic hydroxyl groups is 1. The molecule has 14 heteroatoms. The predicted molar refractivity (Wildman–Crippen MR) is 147 cm³/mol. The third-order valence-electron chi connectivity index (χ3n) is 5.83. The van der Waals surface area contributed by atoms with Gasteiger partial charge in [0.05, 0.1) is 24.3 Å². The average molecular weight is 571 g/mol. The van der Waals surface area contributed by atoms with E-state index in [9.17, 15) is 23.1 Å². The topological polar surface area (TPSA) is 150 Å². The molecule has 4 rings (SSSR count). The summed E-state index contributed by atoms with van der Waals surface area (Å²) in [7, 11) is 0. The number of aliphatic hydroxyl groups excluding tert-OH is 1. The lowest BCUT2D eigenvalue weighted by Crippen LogP contribution is -2.53. The van der Waals surface area contributed by atoms with Crippen LogP contribution in [0.3, 0.4) is 0 Å². The average Bonchev–Trinajstić information content (AvgIpc) is 3.33. The molecule has 0 saturated heterocycles. The third-order valence-corrected chi connectivity index (χ3v) is 5.83. The molecule has 2 unspecified atom stereocenters. The van der Waals surface area contributed by atoms with Gasteiger partial charge in [-0.25, -0.2) is 19.9 Å². The number of carbonyl (C=O) groups is 1. The number of hydrogen-bond donors (Lipinski definition) is 5. The van der Waals surface area contributed by atoms with Crippen LogP contribution in [0.25, 0.3) is 22.6 Å². The zero-order chi connectivity index (χ0) is 29.8. The zero-order valence-electron chi connectivity index (χ0n) is 22.5. The molecule has 3 heterocycles. The highest BCUT2D eigenvalue weighted by Gasteiger charge is 2.35. The molecule has 0 spiro atoms. The van der Waals surface area contributed by atoms with Crippen LogP contribution in [0.2, 0.25) is 0 Å². The lowest BCUT2D eigenvalue weighted by atomic mass is 9.85. The highest BCUT2D eigenvalue weighted by molar-refractivity contribution is 5.99. The molecule has 0 aliphatic carbocycles. The summed E-state index contributed by atoms with van der Waals surface area (Å²) in [6.45, 7) is 7.43. The van der Waals surface area contributed by atoms with Gasteiger partial charge in [0.15, 0.2) is 11.5 Å². The normalized spacial score (nSPS) is 13.4. The molecule has 2 atom stereocenters. The van der Waals surface area contributed by atoms with Gasteiger partial charge in [0.2, 0.25) is 11.8 Å². The molecule has 0 aliphatic rings. The molecule has 3 aromatic heterocycles. The maximum atomic E-state index is 12.7. The van der Waals surface area contributed by atoms with Gasteiger partial charge in [-0.15, -0.1) is 0 Å². The first kappa shape index (κ1) is 29.4. The number of rotatable bonds is 10. The van der Waals surface area contributed by atoms with Crippen molar-refractivity contribution in [1.29, 1.82) is 0 Å². The van der Waals surface area contributed by atoms with Crippen LogP contribution in [0.1, 0.15) is 20.8 Å². The molecule has 1 aromatic carbocycles. The number of halogens is 3. The van der Waals surface area contributed by atoms with Crippen molar-refractivity contribution in [1.82, 2.24) is 30.2 Å². The van der Waals surface area contributed by atoms with Gasteiger partial charge < -0.3 is 25.5 Å². The molecular formula is C27H29F3N8O3. The SMILES string of the molecule is C=CC(=O)Nc1cccc(Oc2cnc3[nH]cc(-c4nccc(NC(C(O)NCC(F)(F)F)C(C)(C)C)n4)c3n2)c1. The summed E-state index contributed by atoms with van der Waals surface area (Å²) in [6.07, 6.45) is -0.301. The number of alkyl halides is 3. The number of amides is 1. The molecule has 41 heavy (non-hydrogen) atoms. The fourth-order valence-electron chi connectivity index (χ4n) is 3.88. The fourth-order valence-corrected chi connectivity index (χ4v) is 3.88. The number of H-pyrrole nitrogens is 1. The Kier molecular flexibility index (Phi) is 8.54. The van der Waals surface area contributed by atoms with Crippen LogP contribution < -0.4 is 20.7 Å². The van der Waals surface area contributed by atoms with Crippen molar-refractivity contribution < 1.29 is 27.8 Å². The van der Waals surface area contributed by atoms with Crippen molar-refractivity contribution in [3.8, 4) is 23.0 Å². The van der Waals surface area contributed by atoms with Gasteiger partial charge in [0.1, 0.15) is 23.3 Å². The number of nitrogens with zero attached hydrogens (tertiary/aromatic N) is 4. The summed E-state index contributed by atoms with van der Waals surface area (Å²) in [5.41, 5.74) is 1.22. The second kappa shape index (κ2) is 11.9. The standard InChI is InChI=1S/C27H29F3N8O3/c1-5-19(39)35-15-7-6-8-16(11-15)41-20-13-33-24-21(38-20)17(12-32-24)23-31-10-9-18(37-23)36-22(26(2,3)4)25(40)34-14-27(28,29)30/h5-13,22,25,34,40H,1,14H2,2-4H3,(H,32,33)(H,35,39)(H,31,36,37). The zero-order valence-corrected chi connectivity index (χ0v) is 22.5. The van der Waals surface area contributed by atoms with E-state index in [1.165, 1.54) is 12.4 Å². The number of fused-ring (bicyclic) bond motifs is 1. The predicted octanol–water partition coefficient (Wildman–Crippen LogP) is 4.63. The van der Waals surface area contributed by atoms with Crippen LogP contribution in [0.4, 0.5) is 24.7 Å². The summed E-state index contributed by atoms with van der Waals surface area (Å²) in [6, 6.07) is 7.42. The van der Waals surface area contributed by atoms with E-state index in [2.05, 4.69) is 47.4 Å². The van der Waals surface area contributed by atoms with Crippen molar-refractivity contribution in [3.05, 3.63) is 61.6 Å². The van der Waals surface area contributed by atoms with Crippen molar-refractivity contribution in [2.75, 3.05) is 17.2 Å². The third kappa shape index (κ3) is 7.77. The highest BCUT2D eigenvalue weighted by atomic mass is 19.4. The molecule has 0 saturated carbocycles. The Labute approximate surface area is 233 Å². The molecule has 0 bridgehead atoms. The van der Waals surface area contributed by atoms with Crippen LogP contribution in [-0.4, -0.2) is 60.9 Å². The summed E-state index contributed by atoms with van der Waals surface area (Å²) in [5.74, 6) is 0.763. The smallest absolute Gasteiger partial charge is 0.401 e. The summed E-state index contributed by atoms with van der Waals surface area (Å²) in [5, 5.41) is 18.3. The van der Waals surface area contributed by atoms with Gasteiger partial charge in [-0.1, -0.05) is 33.4 Å². The van der Waals surface area contributed by atoms with Crippen molar-refractivity contribution in [2.45, 2.75) is 39.2 Å². The minimum absolute atomic E-state index is 0.173. The Hall–Kier alpha value is -4.56. The minimum atomic E-state index is -4.48. The van der Waals surface area contributed by atoms with Crippen LogP contribution in [0.5, 0.6) is 11.6 Å². The number of benzene rings is 1. The van der Waals surface area contributed by atoms with E-state index in [1.54, 1.807) is 57.3 Å². The molecule has 11 nitrogen and oxygen atoms in total. The van der Waals surface area contributed by atoms with Crippen LogP contribution in [0, 0.1) is 5.41 Å². The van der Waals surface area contributed by atoms with Gasteiger partial charge in [0, 0.05) is 24.1 Å². The molecule has 216 valence electrons. The molecule has 0 radical (unpaired) electrons. The molecule has 1 amide bonds. The second-order valence-electron chi connectivity index (χ2n) is 10.1. The fraction of sp³-hybridized carbons (Fsp3) is 0.296. The van der Waals surface area contributed by atoms with Gasteiger partial charge in [-0.05, 0) is 29.7 Å². The van der Waals surface area contributed by atoms with Crippen molar-refractivity contribution >= 4 is 28.6 Å². The molecular weight excluding hydrogens is 541 g/mol. The number of nitrogens with one attached hydrogen (secondary N) is 4. The van der Waals surface area contributed by atoms with Crippen molar-refractivity contribution in [2.24, 2.45) is 5.41 Å². The quantitative estimate of drug-likeness (QED) is 0.136. The van der Waals surface area contributed by atoms with E-state index in [0.29, 0.717) is 28.2 Å². The first-order valence-electron chi connectivity index (χ1n) is 12.5. The lowest BCUT2D eigenvalue weighted by Gasteiger charge is -2.36. The molecule has 0 fully saturated rings. The molecule has 5 N–H and O–H groups in total. The van der Waals surface area contributed by atoms with Gasteiger partial charge in [0.25, 0.3) is 0 Å². The number of carbonyl (C=O) groups excluding carboxylic acids is 1. The number of aromatic amines is 1. The Bertz CT molecular complexity index is 1530. The van der Waals surface area contributed by atoms with E-state index >= 15 is 0 Å². The summed E-state index contributed by atoms with van der Waals surface area (Å²) >= 11 is 0. The highest BCUT2D eigenvalue weighted by Crippen LogP contribution is 2.30. The summed E-state index contributed by atoms with van der Waals surface area (Å²) < 4.78 is 44.0. The molecule has 4 aromatic rings. The van der Waals surface area contributed by atoms with E-state index in [1.807, 2.05) is 0 Å². The van der Waals surface area contributed by atoms with E-state index in [0.717, 1.165) is 6.08 Å². The Morgan fingerprint density at radius 1 is 1.20 bits per heavy atom. The number of aromatic nitrogens is 5. The minimum Gasteiger partial charge on any atom is -0.437 e. The second-order valence-corrected chi connectivity index (χ2v) is 10.1. The first-order chi connectivity index (χ1) is 19.3. The summed E-state index contributed by atoms with van der Waals surface area (Å²) in [4.78, 5) is 32.3. The van der Waals surface area contributed by atoms with Gasteiger partial charge >= 0.3 is 6.18 Å². The van der Waals surface area contributed by atoms with Crippen molar-refractivity contribution in [3.63, 3.8) is 0 Å². The Balaban J connectivity index is 1.57. The molecule has 0 aliphatic heterocycles. The Morgan fingerprint density at radius 3 is 2.68 bits per heavy atom. The Morgan fingerprint density at radius 2 is 1.98 bits per heavy atom. The van der Waals surface area contributed by atoms with E-state index < -0.39 is 30.4 Å². The lowest BCUT2D eigenvalue weighted by molar-refractivity contribution is -0.132. The maximum Gasteiger partial charge on any atom is 0.401 e. The van der Waals surface area contributed by atoms with E-state index in [-0.39, 0.29) is 23.4 Å². The first-order valence-corrected chi connectivity index (χ1v) is 12.5. The van der Waals surface area contributed by atoms with Gasteiger partial charge in [-0.3, -0.25) is 10.1 Å². The number of ether oxygens (including phenoxy) is 1. The van der Waals surface area contributed by atoms with Crippen LogP contribution in [0.15, 0.2) is 61.6 Å². The van der Waals surface area contributed by atoms with Crippen LogP contribution >= 0.6 is 0 Å². The maximum absolute atomic E-state index is 12.7. The number of hydrogen-bond acceptors (Lipinski definition) is 9. The van der Waals surface area contributed by atoms with E-state index in [4.69, 9.17) is 4.74 Å².